The van der Waals surface area contributed by atoms with Crippen LogP contribution in [0.2, 0.25) is 0 Å². The summed E-state index contributed by atoms with van der Waals surface area (Å²) in [4.78, 5) is 15.8. The van der Waals surface area contributed by atoms with Crippen LogP contribution < -0.4 is 19.7 Å². The molecule has 2 N–H and O–H groups in total. The predicted octanol–water partition coefficient (Wildman–Crippen LogP) is 1.24. The number of fused-ring (bicyclic) bond motifs is 2. The second kappa shape index (κ2) is 7.33. The van der Waals surface area contributed by atoms with Crippen LogP contribution in [0.1, 0.15) is 34.6 Å². The number of nitrogens with one attached hydrogen (secondary N) is 2. The molecule has 3 aliphatic heterocycles. The number of rotatable bonds is 2. The van der Waals surface area contributed by atoms with Gasteiger partial charge in [-0.15, -0.1) is 0 Å². The Balaban J connectivity index is 1.44. The predicted molar refractivity (Wildman–Crippen MR) is 103 cm³/mol. The Morgan fingerprint density at radius 2 is 1.94 bits per heavy atom. The van der Waals surface area contributed by atoms with E-state index in [2.05, 4.69) is 10.4 Å². The van der Waals surface area contributed by atoms with Gasteiger partial charge in [-0.05, 0) is 17.7 Å². The van der Waals surface area contributed by atoms with E-state index in [1.807, 2.05) is 7.05 Å². The molecule has 2 aromatic rings. The number of halogens is 3. The Kier molecular flexibility index (Phi) is 4.72. The van der Waals surface area contributed by atoms with Gasteiger partial charge in [0, 0.05) is 12.5 Å². The number of ether oxygens (including phenoxy) is 2. The average Bonchev–Trinajstić information content (AvgIpc) is 3.38. The molecule has 3 aliphatic rings. The molecule has 0 bridgehead atoms. The second-order valence-corrected chi connectivity index (χ2v) is 8.21. The van der Waals surface area contributed by atoms with Gasteiger partial charge >= 0.3 is 6.18 Å². The summed E-state index contributed by atoms with van der Waals surface area (Å²) in [5.41, 5.74) is 0.684. The summed E-state index contributed by atoms with van der Waals surface area (Å²) in [6, 6.07) is 4.09. The number of nitrogens with zero attached hydrogens (tertiary/aromatic N) is 3. The number of anilines is 1. The third-order valence-electron chi connectivity index (χ3n) is 6.11. The minimum Gasteiger partial charge on any atom is -0.454 e. The molecule has 5 rings (SSSR count). The molecular formula is C20H23F3N5O3+. The first-order valence-corrected chi connectivity index (χ1v) is 10.2. The van der Waals surface area contributed by atoms with Gasteiger partial charge in [-0.25, -0.2) is 4.68 Å². The van der Waals surface area contributed by atoms with Gasteiger partial charge in [0.05, 0.1) is 39.3 Å². The normalized spacial score (nSPS) is 23.4. The quantitative estimate of drug-likeness (QED) is 0.739. The van der Waals surface area contributed by atoms with Crippen molar-refractivity contribution in [3.05, 3.63) is 35.5 Å². The van der Waals surface area contributed by atoms with E-state index in [0.29, 0.717) is 30.2 Å². The van der Waals surface area contributed by atoms with E-state index < -0.39 is 18.3 Å². The average molecular weight is 438 g/mol. The van der Waals surface area contributed by atoms with Gasteiger partial charge in [-0.2, -0.15) is 18.3 Å². The molecule has 0 spiro atoms. The lowest BCUT2D eigenvalue weighted by Gasteiger charge is -2.33. The molecule has 2 atom stereocenters. The first-order valence-electron chi connectivity index (χ1n) is 10.2. The minimum absolute atomic E-state index is 0.0302. The van der Waals surface area contributed by atoms with Crippen LogP contribution in [0.15, 0.2) is 24.3 Å². The molecule has 1 aromatic carbocycles. The molecule has 11 heteroatoms. The van der Waals surface area contributed by atoms with Gasteiger partial charge in [0.25, 0.3) is 5.91 Å². The van der Waals surface area contributed by atoms with Crippen molar-refractivity contribution < 1.29 is 32.3 Å². The lowest BCUT2D eigenvalue weighted by molar-refractivity contribution is -0.883. The van der Waals surface area contributed by atoms with Gasteiger partial charge < -0.3 is 24.6 Å². The van der Waals surface area contributed by atoms with Gasteiger partial charge in [-0.3, -0.25) is 4.79 Å². The Labute approximate surface area is 176 Å². The molecule has 1 fully saturated rings. The number of carbonyl (C=O) groups is 1. The Morgan fingerprint density at radius 3 is 2.68 bits per heavy atom. The first-order chi connectivity index (χ1) is 14.8. The number of likely N-dealkylation sites (N-methyl/N-ethyl adjacent to an activating group) is 1. The second-order valence-electron chi connectivity index (χ2n) is 8.21. The van der Waals surface area contributed by atoms with Crippen molar-refractivity contribution in [2.75, 3.05) is 45.3 Å². The monoisotopic (exact) mass is 438 g/mol. The number of quaternary nitrogens is 1. The zero-order valence-electron chi connectivity index (χ0n) is 16.9. The topological polar surface area (TPSA) is 73.1 Å². The van der Waals surface area contributed by atoms with Crippen LogP contribution in [0.5, 0.6) is 11.5 Å². The smallest absolute Gasteiger partial charge is 0.410 e. The highest BCUT2D eigenvalue weighted by Crippen LogP contribution is 2.45. The van der Waals surface area contributed by atoms with Gasteiger partial charge in [0.1, 0.15) is 5.82 Å². The third kappa shape index (κ3) is 3.67. The maximum absolute atomic E-state index is 13.9. The van der Waals surface area contributed by atoms with Gasteiger partial charge in [-0.1, -0.05) is 6.07 Å². The van der Waals surface area contributed by atoms with Crippen LogP contribution in [0.4, 0.5) is 19.0 Å². The maximum atomic E-state index is 13.9. The fourth-order valence-electron chi connectivity index (χ4n) is 4.28. The van der Waals surface area contributed by atoms with E-state index in [4.69, 9.17) is 9.47 Å². The van der Waals surface area contributed by atoms with Crippen LogP contribution in [0.3, 0.4) is 0 Å². The zero-order valence-corrected chi connectivity index (χ0v) is 16.9. The SMILES string of the molecule is C[NH+]1CCN(C(=O)c2cc3n(n2)[C@@H](C(F)(F)F)C[C@@H](c2ccc4c(c2)OCO4)N3)CC1. The van der Waals surface area contributed by atoms with Crippen molar-refractivity contribution in [1.29, 1.82) is 0 Å². The van der Waals surface area contributed by atoms with Crippen molar-refractivity contribution in [3.63, 3.8) is 0 Å². The molecule has 1 saturated heterocycles. The zero-order chi connectivity index (χ0) is 21.8. The van der Waals surface area contributed by atoms with Crippen molar-refractivity contribution in [3.8, 4) is 11.5 Å². The summed E-state index contributed by atoms with van der Waals surface area (Å²) < 4.78 is 53.3. The number of hydrogen-bond donors (Lipinski definition) is 2. The first kappa shape index (κ1) is 20.0. The molecule has 8 nitrogen and oxygen atoms in total. The number of carbonyl (C=O) groups excluding carboxylic acids is 1. The molecule has 166 valence electrons. The molecular weight excluding hydrogens is 415 g/mol. The highest BCUT2D eigenvalue weighted by Gasteiger charge is 2.47. The third-order valence-corrected chi connectivity index (χ3v) is 6.11. The molecule has 0 aliphatic carbocycles. The molecule has 1 amide bonds. The summed E-state index contributed by atoms with van der Waals surface area (Å²) in [6.45, 7) is 2.81. The lowest BCUT2D eigenvalue weighted by Crippen LogP contribution is -3.12. The standard InChI is InChI=1S/C20H22F3N5O3/c1-26-4-6-27(7-5-26)19(29)14-10-18-24-13(9-17(20(21,22)23)28(18)25-14)12-2-3-15-16(8-12)31-11-30-15/h2-3,8,10,13,17,24H,4-7,9,11H2,1H3/p+1/t13-,17+/m0/s1. The van der Waals surface area contributed by atoms with Crippen molar-refractivity contribution in [2.45, 2.75) is 24.7 Å². The summed E-state index contributed by atoms with van der Waals surface area (Å²) in [5, 5.41) is 7.19. The Hall–Kier alpha value is -2.95. The summed E-state index contributed by atoms with van der Waals surface area (Å²) >= 11 is 0. The van der Waals surface area contributed by atoms with E-state index in [9.17, 15) is 18.0 Å². The van der Waals surface area contributed by atoms with E-state index in [-0.39, 0.29) is 30.6 Å². The molecule has 4 heterocycles. The molecule has 31 heavy (non-hydrogen) atoms. The fraction of sp³-hybridized carbons (Fsp3) is 0.500. The van der Waals surface area contributed by atoms with Crippen molar-refractivity contribution >= 4 is 11.7 Å². The Morgan fingerprint density at radius 1 is 1.19 bits per heavy atom. The lowest BCUT2D eigenvalue weighted by atomic mass is 9.96. The Bertz CT molecular complexity index is 1000. The summed E-state index contributed by atoms with van der Waals surface area (Å²) in [5.74, 6) is 0.921. The van der Waals surface area contributed by atoms with Crippen molar-refractivity contribution in [2.24, 2.45) is 0 Å². The minimum atomic E-state index is -4.50. The summed E-state index contributed by atoms with van der Waals surface area (Å²) in [6.07, 6.45) is -4.75. The molecule has 0 unspecified atom stereocenters. The molecule has 0 radical (unpaired) electrons. The fourth-order valence-corrected chi connectivity index (χ4v) is 4.28. The van der Waals surface area contributed by atoms with Gasteiger partial charge in [0.15, 0.2) is 23.2 Å². The highest BCUT2D eigenvalue weighted by molar-refractivity contribution is 5.93. The maximum Gasteiger partial charge on any atom is 0.410 e. The van der Waals surface area contributed by atoms with Crippen LogP contribution >= 0.6 is 0 Å². The van der Waals surface area contributed by atoms with Crippen LogP contribution in [-0.4, -0.2) is 66.8 Å². The number of piperazine rings is 1. The van der Waals surface area contributed by atoms with E-state index in [1.54, 1.807) is 23.1 Å². The van der Waals surface area contributed by atoms with E-state index >= 15 is 0 Å². The van der Waals surface area contributed by atoms with Crippen LogP contribution in [-0.2, 0) is 0 Å². The van der Waals surface area contributed by atoms with Gasteiger partial charge in [0.2, 0.25) is 6.79 Å². The van der Waals surface area contributed by atoms with Crippen LogP contribution in [0.25, 0.3) is 0 Å². The number of amides is 1. The largest absolute Gasteiger partial charge is 0.454 e. The molecule has 0 saturated carbocycles. The van der Waals surface area contributed by atoms with E-state index in [1.165, 1.54) is 11.0 Å². The molecule has 1 aromatic heterocycles. The number of aromatic nitrogens is 2. The highest BCUT2D eigenvalue weighted by atomic mass is 19.4. The number of alkyl halides is 3. The van der Waals surface area contributed by atoms with Crippen molar-refractivity contribution in [1.82, 2.24) is 14.7 Å². The summed E-state index contributed by atoms with van der Waals surface area (Å²) in [7, 11) is 2.05. The number of hydrogen-bond acceptors (Lipinski definition) is 5. The van der Waals surface area contributed by atoms with Crippen LogP contribution in [0, 0.1) is 0 Å². The van der Waals surface area contributed by atoms with E-state index in [0.717, 1.165) is 17.8 Å². The number of benzene rings is 1.